The molecule has 88 valence electrons. The van der Waals surface area contributed by atoms with Crippen molar-refractivity contribution in [2.75, 3.05) is 0 Å². The molecule has 1 aromatic carbocycles. The van der Waals surface area contributed by atoms with Crippen molar-refractivity contribution in [2.45, 2.75) is 18.4 Å². The molecule has 0 atom stereocenters. The Kier molecular flexibility index (Phi) is 2.38. The summed E-state index contributed by atoms with van der Waals surface area (Å²) in [7, 11) is 1.96. The summed E-state index contributed by atoms with van der Waals surface area (Å²) in [4.78, 5) is 0. The average Bonchev–Trinajstić information content (AvgIpc) is 2.93. The Bertz CT molecular complexity index is 570. The molecule has 1 saturated carbocycles. The van der Waals surface area contributed by atoms with Gasteiger partial charge in [-0.05, 0) is 25.0 Å². The third-order valence-electron chi connectivity index (χ3n) is 3.33. The molecule has 2 N–H and O–H groups in total. The molecule has 17 heavy (non-hydrogen) atoms. The number of hydrogen-bond donors (Lipinski definition) is 1. The number of hydrogen-bond acceptors (Lipinski definition) is 2. The second kappa shape index (κ2) is 3.68. The Morgan fingerprint density at radius 1 is 1.35 bits per heavy atom. The number of aromatic nitrogens is 2. The van der Waals surface area contributed by atoms with Crippen molar-refractivity contribution in [1.82, 2.24) is 9.78 Å². The fourth-order valence-electron chi connectivity index (χ4n) is 2.02. The number of nitrogens with zero attached hydrogens (tertiary/aromatic N) is 2. The van der Waals surface area contributed by atoms with Crippen LogP contribution in [0.2, 0.25) is 0 Å². The zero-order valence-corrected chi connectivity index (χ0v) is 11.2. The lowest BCUT2D eigenvalue weighted by atomic mass is 10.1. The topological polar surface area (TPSA) is 43.8 Å². The molecule has 0 spiro atoms. The first-order chi connectivity index (χ1) is 8.10. The Hall–Kier alpha value is -1.13. The van der Waals surface area contributed by atoms with E-state index in [1.807, 2.05) is 29.9 Å². The minimum absolute atomic E-state index is 0.169. The molecule has 0 unspecified atom stereocenters. The van der Waals surface area contributed by atoms with E-state index in [1.54, 1.807) is 0 Å². The van der Waals surface area contributed by atoms with Gasteiger partial charge in [0.15, 0.2) is 0 Å². The first-order valence-corrected chi connectivity index (χ1v) is 6.48. The number of rotatable bonds is 2. The van der Waals surface area contributed by atoms with Crippen LogP contribution in [-0.4, -0.2) is 9.78 Å². The van der Waals surface area contributed by atoms with Crippen LogP contribution in [0.5, 0.6) is 0 Å². The molecule has 3 rings (SSSR count). The predicted octanol–water partition coefficient (Wildman–Crippen LogP) is 2.80. The van der Waals surface area contributed by atoms with Gasteiger partial charge in [0.25, 0.3) is 0 Å². The standard InChI is InChI=1S/C13H14BrN3/c1-17-11(9-4-2-3-5-10(9)14)8-12(16-17)13(15)6-7-13/h2-5,8H,6-7,15H2,1H3. The van der Waals surface area contributed by atoms with E-state index in [1.165, 1.54) is 0 Å². The van der Waals surface area contributed by atoms with Gasteiger partial charge in [-0.15, -0.1) is 0 Å². The normalized spacial score (nSPS) is 17.1. The van der Waals surface area contributed by atoms with E-state index in [-0.39, 0.29) is 5.54 Å². The largest absolute Gasteiger partial charge is 0.320 e. The van der Waals surface area contributed by atoms with E-state index in [4.69, 9.17) is 5.73 Å². The maximum absolute atomic E-state index is 6.18. The second-order valence-electron chi connectivity index (χ2n) is 4.67. The van der Waals surface area contributed by atoms with Gasteiger partial charge >= 0.3 is 0 Å². The molecule has 2 aromatic rings. The average molecular weight is 292 g/mol. The highest BCUT2D eigenvalue weighted by Gasteiger charge is 2.42. The molecule has 1 aliphatic rings. The molecule has 0 aliphatic heterocycles. The Morgan fingerprint density at radius 3 is 2.71 bits per heavy atom. The SMILES string of the molecule is Cn1nc(C2(N)CC2)cc1-c1ccccc1Br. The minimum atomic E-state index is -0.169. The maximum atomic E-state index is 6.18. The van der Waals surface area contributed by atoms with Crippen LogP contribution in [0.25, 0.3) is 11.3 Å². The minimum Gasteiger partial charge on any atom is -0.320 e. The third kappa shape index (κ3) is 1.81. The summed E-state index contributed by atoms with van der Waals surface area (Å²) in [5.41, 5.74) is 9.27. The lowest BCUT2D eigenvalue weighted by Gasteiger charge is -2.03. The molecule has 1 fully saturated rings. The molecule has 0 saturated heterocycles. The molecular formula is C13H14BrN3. The monoisotopic (exact) mass is 291 g/mol. The number of nitrogens with two attached hydrogens (primary N) is 1. The summed E-state index contributed by atoms with van der Waals surface area (Å²) in [6, 6.07) is 10.3. The maximum Gasteiger partial charge on any atom is 0.0829 e. The smallest absolute Gasteiger partial charge is 0.0829 e. The van der Waals surface area contributed by atoms with E-state index in [9.17, 15) is 0 Å². The first-order valence-electron chi connectivity index (χ1n) is 5.68. The molecular weight excluding hydrogens is 278 g/mol. The predicted molar refractivity (Wildman–Crippen MR) is 71.4 cm³/mol. The van der Waals surface area contributed by atoms with E-state index in [2.05, 4.69) is 33.2 Å². The summed E-state index contributed by atoms with van der Waals surface area (Å²) in [5.74, 6) is 0. The van der Waals surface area contributed by atoms with Crippen molar-refractivity contribution in [3.05, 3.63) is 40.5 Å². The number of aryl methyl sites for hydroxylation is 1. The molecule has 4 heteroatoms. The van der Waals surface area contributed by atoms with Crippen LogP contribution in [0.1, 0.15) is 18.5 Å². The first kappa shape index (κ1) is 11.0. The summed E-state index contributed by atoms with van der Waals surface area (Å²) in [6.45, 7) is 0. The van der Waals surface area contributed by atoms with Crippen LogP contribution >= 0.6 is 15.9 Å². The van der Waals surface area contributed by atoms with Gasteiger partial charge in [-0.1, -0.05) is 34.1 Å². The van der Waals surface area contributed by atoms with Crippen molar-refractivity contribution in [3.8, 4) is 11.3 Å². The molecule has 0 amide bonds. The molecule has 0 radical (unpaired) electrons. The van der Waals surface area contributed by atoms with Crippen molar-refractivity contribution >= 4 is 15.9 Å². The highest BCUT2D eigenvalue weighted by atomic mass is 79.9. The van der Waals surface area contributed by atoms with Crippen molar-refractivity contribution in [2.24, 2.45) is 12.8 Å². The molecule has 1 aliphatic carbocycles. The van der Waals surface area contributed by atoms with Gasteiger partial charge in [0.1, 0.15) is 0 Å². The summed E-state index contributed by atoms with van der Waals surface area (Å²) in [5, 5.41) is 4.53. The van der Waals surface area contributed by atoms with Crippen LogP contribution in [0.15, 0.2) is 34.8 Å². The fraction of sp³-hybridized carbons (Fsp3) is 0.308. The molecule has 0 bridgehead atoms. The van der Waals surface area contributed by atoms with Crippen LogP contribution in [0.3, 0.4) is 0 Å². The van der Waals surface area contributed by atoms with E-state index >= 15 is 0 Å². The van der Waals surface area contributed by atoms with Crippen LogP contribution in [0, 0.1) is 0 Å². The zero-order chi connectivity index (χ0) is 12.0. The summed E-state index contributed by atoms with van der Waals surface area (Å²) < 4.78 is 2.99. The van der Waals surface area contributed by atoms with Crippen molar-refractivity contribution < 1.29 is 0 Å². The van der Waals surface area contributed by atoms with Gasteiger partial charge in [-0.3, -0.25) is 4.68 Å². The molecule has 1 heterocycles. The number of halogens is 1. The van der Waals surface area contributed by atoms with E-state index in [0.29, 0.717) is 0 Å². The second-order valence-corrected chi connectivity index (χ2v) is 5.53. The van der Waals surface area contributed by atoms with E-state index in [0.717, 1.165) is 34.3 Å². The lowest BCUT2D eigenvalue weighted by molar-refractivity contribution is 0.661. The highest BCUT2D eigenvalue weighted by molar-refractivity contribution is 9.10. The van der Waals surface area contributed by atoms with Crippen LogP contribution in [0.4, 0.5) is 0 Å². The van der Waals surface area contributed by atoms with Crippen molar-refractivity contribution in [3.63, 3.8) is 0 Å². The van der Waals surface area contributed by atoms with Gasteiger partial charge in [0.05, 0.1) is 16.9 Å². The number of benzene rings is 1. The van der Waals surface area contributed by atoms with E-state index < -0.39 is 0 Å². The van der Waals surface area contributed by atoms with Gasteiger partial charge in [0.2, 0.25) is 0 Å². The van der Waals surface area contributed by atoms with Gasteiger partial charge in [-0.2, -0.15) is 5.10 Å². The summed E-state index contributed by atoms with van der Waals surface area (Å²) in [6.07, 6.45) is 2.08. The van der Waals surface area contributed by atoms with Gasteiger partial charge in [-0.25, -0.2) is 0 Å². The zero-order valence-electron chi connectivity index (χ0n) is 9.65. The van der Waals surface area contributed by atoms with Gasteiger partial charge < -0.3 is 5.73 Å². The third-order valence-corrected chi connectivity index (χ3v) is 4.02. The Morgan fingerprint density at radius 2 is 2.06 bits per heavy atom. The highest BCUT2D eigenvalue weighted by Crippen LogP contribution is 2.43. The van der Waals surface area contributed by atoms with Crippen LogP contribution < -0.4 is 5.73 Å². The van der Waals surface area contributed by atoms with Gasteiger partial charge in [0, 0.05) is 17.1 Å². The van der Waals surface area contributed by atoms with Crippen LogP contribution in [-0.2, 0) is 12.6 Å². The quantitative estimate of drug-likeness (QED) is 0.925. The molecule has 1 aromatic heterocycles. The fourth-order valence-corrected chi connectivity index (χ4v) is 2.51. The van der Waals surface area contributed by atoms with Crippen molar-refractivity contribution in [1.29, 1.82) is 0 Å². The Balaban J connectivity index is 2.10. The molecule has 3 nitrogen and oxygen atoms in total. The Labute approximate surface area is 109 Å². The summed E-state index contributed by atoms with van der Waals surface area (Å²) >= 11 is 3.57. The lowest BCUT2D eigenvalue weighted by Crippen LogP contribution is -2.19.